The summed E-state index contributed by atoms with van der Waals surface area (Å²) in [6.07, 6.45) is 2.93. The Labute approximate surface area is 198 Å². The van der Waals surface area contributed by atoms with Gasteiger partial charge in [0, 0.05) is 29.3 Å². The van der Waals surface area contributed by atoms with Crippen molar-refractivity contribution in [1.82, 2.24) is 30.1 Å². The number of aryl methyl sites for hydroxylation is 1. The number of pyridine rings is 1. The Morgan fingerprint density at radius 3 is 2.85 bits per heavy atom. The van der Waals surface area contributed by atoms with Gasteiger partial charge in [-0.15, -0.1) is 21.8 Å². The summed E-state index contributed by atoms with van der Waals surface area (Å²) < 4.78 is 29.3. The largest absolute Gasteiger partial charge is 0.494 e. The van der Waals surface area contributed by atoms with E-state index in [-0.39, 0.29) is 28.7 Å². The molecule has 4 rings (SSSR count). The van der Waals surface area contributed by atoms with Crippen molar-refractivity contribution in [2.45, 2.75) is 18.8 Å². The fraction of sp³-hybridized carbons (Fsp3) is 0.333. The van der Waals surface area contributed by atoms with Crippen LogP contribution in [0.5, 0.6) is 5.75 Å². The van der Waals surface area contributed by atoms with Gasteiger partial charge in [-0.2, -0.15) is 4.80 Å². The Morgan fingerprint density at radius 1 is 1.39 bits per heavy atom. The van der Waals surface area contributed by atoms with Crippen molar-refractivity contribution in [2.75, 3.05) is 19.4 Å². The van der Waals surface area contributed by atoms with E-state index in [0.29, 0.717) is 28.6 Å². The average molecular weight is 474 g/mol. The topological polar surface area (TPSA) is 128 Å². The molecule has 2 amide bonds. The Bertz CT molecular complexity index is 1380. The Balaban J connectivity index is 1.89. The van der Waals surface area contributed by atoms with Crippen LogP contribution in [0.25, 0.3) is 11.4 Å². The fourth-order valence-electron chi connectivity index (χ4n) is 3.22. The highest BCUT2D eigenvalue weighted by Gasteiger charge is 2.30. The first-order valence-electron chi connectivity index (χ1n) is 11.5. The number of anilines is 1. The number of para-hydroxylation sites is 1. The number of hydrogen-bond acceptors (Lipinski definition) is 7. The first-order valence-corrected chi connectivity index (χ1v) is 10.5. The maximum atomic E-state index is 12.9. The van der Waals surface area contributed by atoms with E-state index in [0.717, 1.165) is 12.8 Å². The number of benzene rings is 1. The minimum atomic E-state index is -2.73. The number of rotatable bonds is 7. The summed E-state index contributed by atoms with van der Waals surface area (Å²) in [5, 5.41) is 16.9. The van der Waals surface area contributed by atoms with E-state index in [2.05, 4.69) is 25.7 Å². The SMILES string of the molecule is [2H]C([2H])([2H])NC(=O)c1cn(CCl)c(NC(=O)C2CC2)cc1=Nc1cccc(-c2nnn(C)n2)c1OC. The number of methoxy groups -OCH3 is 1. The van der Waals surface area contributed by atoms with E-state index >= 15 is 0 Å². The summed E-state index contributed by atoms with van der Waals surface area (Å²) in [6, 6.07) is 6.43. The van der Waals surface area contributed by atoms with Gasteiger partial charge in [-0.05, 0) is 30.2 Å². The average Bonchev–Trinajstić information content (AvgIpc) is 3.58. The summed E-state index contributed by atoms with van der Waals surface area (Å²) in [6.45, 7) is -2.73. The number of hydrogen-bond donors (Lipinski definition) is 2. The molecule has 1 aromatic carbocycles. The molecule has 0 saturated heterocycles. The van der Waals surface area contributed by atoms with Crippen LogP contribution in [0.2, 0.25) is 0 Å². The molecule has 0 atom stereocenters. The molecule has 3 aromatic rings. The molecule has 0 bridgehead atoms. The summed E-state index contributed by atoms with van der Waals surface area (Å²) >= 11 is 6.07. The quantitative estimate of drug-likeness (QED) is 0.504. The van der Waals surface area contributed by atoms with Gasteiger partial charge in [-0.25, -0.2) is 4.99 Å². The summed E-state index contributed by atoms with van der Waals surface area (Å²) in [5.41, 5.74) is 0.754. The molecule has 2 aromatic heterocycles. The van der Waals surface area contributed by atoms with E-state index < -0.39 is 12.9 Å². The van der Waals surface area contributed by atoms with Crippen molar-refractivity contribution < 1.29 is 18.4 Å². The number of tetrazole rings is 1. The molecule has 0 aliphatic heterocycles. The van der Waals surface area contributed by atoms with Gasteiger partial charge in [0.15, 0.2) is 5.75 Å². The third-order valence-corrected chi connectivity index (χ3v) is 5.28. The van der Waals surface area contributed by atoms with Crippen LogP contribution in [0.1, 0.15) is 27.3 Å². The predicted octanol–water partition coefficient (Wildman–Crippen LogP) is 1.82. The van der Waals surface area contributed by atoms with Gasteiger partial charge >= 0.3 is 0 Å². The van der Waals surface area contributed by atoms with Gasteiger partial charge in [-0.1, -0.05) is 6.07 Å². The molecule has 2 N–H and O–H groups in total. The van der Waals surface area contributed by atoms with Crippen LogP contribution in [0.4, 0.5) is 11.5 Å². The first kappa shape index (κ1) is 18.8. The third-order valence-electron chi connectivity index (χ3n) is 5.02. The number of nitrogens with one attached hydrogen (secondary N) is 2. The number of halogens is 1. The van der Waals surface area contributed by atoms with Gasteiger partial charge in [-0.3, -0.25) is 9.59 Å². The molecule has 1 saturated carbocycles. The number of aromatic nitrogens is 5. The standard InChI is InChI=1S/C21H23ClN8O3/c1-23-21(32)14-10-30(11-22)17(25-20(31)12-7-8-12)9-16(14)24-15-6-4-5-13(18(15)33-3)19-26-28-29(2)27-19/h4-6,9-10,12H,7-8,11H2,1-3H3,(H,23,32)(H,25,31)/i1D3. The number of alkyl halides is 1. The molecule has 0 spiro atoms. The molecule has 1 aliphatic rings. The van der Waals surface area contributed by atoms with E-state index in [1.54, 1.807) is 25.2 Å². The number of ether oxygens (including phenoxy) is 1. The van der Waals surface area contributed by atoms with E-state index in [9.17, 15) is 9.59 Å². The monoisotopic (exact) mass is 473 g/mol. The molecule has 11 nitrogen and oxygen atoms in total. The molecular weight excluding hydrogens is 448 g/mol. The van der Waals surface area contributed by atoms with E-state index in [1.165, 1.54) is 28.7 Å². The fourth-order valence-corrected chi connectivity index (χ4v) is 3.42. The van der Waals surface area contributed by atoms with E-state index in [4.69, 9.17) is 20.5 Å². The second kappa shape index (κ2) is 9.41. The van der Waals surface area contributed by atoms with Gasteiger partial charge < -0.3 is 19.9 Å². The lowest BCUT2D eigenvalue weighted by Gasteiger charge is -2.15. The van der Waals surface area contributed by atoms with Crippen molar-refractivity contribution in [3.63, 3.8) is 0 Å². The van der Waals surface area contributed by atoms with Crippen molar-refractivity contribution >= 4 is 34.9 Å². The maximum absolute atomic E-state index is 12.9. The number of carbonyl (C=O) groups is 2. The zero-order chi connectivity index (χ0) is 26.0. The summed E-state index contributed by atoms with van der Waals surface area (Å²) in [7, 11) is 3.07. The van der Waals surface area contributed by atoms with Crippen LogP contribution in [0, 0.1) is 5.92 Å². The minimum Gasteiger partial charge on any atom is -0.494 e. The van der Waals surface area contributed by atoms with E-state index in [1.807, 2.05) is 5.32 Å². The second-order valence-corrected chi connectivity index (χ2v) is 7.58. The minimum absolute atomic E-state index is 0.0683. The number of nitrogens with zero attached hydrogens (tertiary/aromatic N) is 6. The summed E-state index contributed by atoms with van der Waals surface area (Å²) in [4.78, 5) is 31.2. The number of amides is 2. The lowest BCUT2D eigenvalue weighted by atomic mass is 10.1. The Kier molecular flexibility index (Phi) is 5.36. The zero-order valence-corrected chi connectivity index (χ0v) is 18.6. The second-order valence-electron chi connectivity index (χ2n) is 7.34. The van der Waals surface area contributed by atoms with Crippen LogP contribution < -0.4 is 20.7 Å². The molecule has 2 heterocycles. The van der Waals surface area contributed by atoms with Crippen LogP contribution in [0.3, 0.4) is 0 Å². The van der Waals surface area contributed by atoms with Crippen LogP contribution >= 0.6 is 11.6 Å². The molecule has 172 valence electrons. The third kappa shape index (κ3) is 4.72. The van der Waals surface area contributed by atoms with Crippen molar-refractivity contribution in [3.8, 4) is 17.1 Å². The number of carbonyl (C=O) groups excluding carboxylic acids is 2. The maximum Gasteiger partial charge on any atom is 0.254 e. The molecule has 1 aliphatic carbocycles. The Hall–Kier alpha value is -3.73. The highest BCUT2D eigenvalue weighted by molar-refractivity contribution is 6.15. The van der Waals surface area contributed by atoms with Crippen LogP contribution in [-0.2, 0) is 17.8 Å². The molecule has 1 fully saturated rings. The predicted molar refractivity (Wildman–Crippen MR) is 121 cm³/mol. The molecule has 12 heteroatoms. The zero-order valence-electron chi connectivity index (χ0n) is 20.9. The summed E-state index contributed by atoms with van der Waals surface area (Å²) in [5.74, 6) is -0.227. The molecule has 0 radical (unpaired) electrons. The lowest BCUT2D eigenvalue weighted by Crippen LogP contribution is -2.28. The first-order chi connectivity index (χ1) is 17.1. The lowest BCUT2D eigenvalue weighted by molar-refractivity contribution is -0.117. The highest BCUT2D eigenvalue weighted by atomic mass is 35.5. The normalized spacial score (nSPS) is 15.4. The van der Waals surface area contributed by atoms with Gasteiger partial charge in [0.2, 0.25) is 11.7 Å². The van der Waals surface area contributed by atoms with Crippen molar-refractivity contribution in [1.29, 1.82) is 0 Å². The smallest absolute Gasteiger partial charge is 0.254 e. The Morgan fingerprint density at radius 2 is 2.21 bits per heavy atom. The van der Waals surface area contributed by atoms with Crippen molar-refractivity contribution in [3.05, 3.63) is 41.4 Å². The van der Waals surface area contributed by atoms with Gasteiger partial charge in [0.1, 0.15) is 11.5 Å². The van der Waals surface area contributed by atoms with Crippen LogP contribution in [0.15, 0.2) is 35.5 Å². The molecule has 33 heavy (non-hydrogen) atoms. The van der Waals surface area contributed by atoms with Crippen LogP contribution in [-0.4, -0.2) is 50.7 Å². The molecule has 0 unspecified atom stereocenters. The van der Waals surface area contributed by atoms with Crippen molar-refractivity contribution in [2.24, 2.45) is 18.0 Å². The van der Waals surface area contributed by atoms with Gasteiger partial charge in [0.05, 0.1) is 36.6 Å². The highest BCUT2D eigenvalue weighted by Crippen LogP contribution is 2.36. The molecular formula is C21H23ClN8O3. The van der Waals surface area contributed by atoms with Gasteiger partial charge in [0.25, 0.3) is 5.91 Å².